The molecule has 0 spiro atoms. The lowest BCUT2D eigenvalue weighted by atomic mass is 9.96. The summed E-state index contributed by atoms with van der Waals surface area (Å²) in [6.45, 7) is 3.80. The Morgan fingerprint density at radius 3 is 2.43 bits per heavy atom. The molecular weight excluding hydrogens is 372 g/mol. The molecule has 1 N–H and O–H groups in total. The van der Waals surface area contributed by atoms with Gasteiger partial charge in [-0.15, -0.1) is 0 Å². The molecule has 0 bridgehead atoms. The van der Waals surface area contributed by atoms with Gasteiger partial charge in [0.2, 0.25) is 0 Å². The number of rotatable bonds is 6. The highest BCUT2D eigenvalue weighted by molar-refractivity contribution is 7.92. The summed E-state index contributed by atoms with van der Waals surface area (Å²) in [7, 11) is -3.63. The van der Waals surface area contributed by atoms with Gasteiger partial charge in [0.15, 0.2) is 0 Å². The van der Waals surface area contributed by atoms with Crippen molar-refractivity contribution in [2.75, 3.05) is 17.8 Å². The van der Waals surface area contributed by atoms with Crippen molar-refractivity contribution in [1.82, 2.24) is 4.90 Å². The second-order valence-corrected chi connectivity index (χ2v) is 9.06. The molecule has 1 heterocycles. The Morgan fingerprint density at radius 1 is 1.04 bits per heavy atom. The molecule has 3 rings (SSSR count). The topological polar surface area (TPSA) is 66.5 Å². The second-order valence-electron chi connectivity index (χ2n) is 7.37. The minimum atomic E-state index is -3.63. The zero-order valence-corrected chi connectivity index (χ0v) is 17.1. The predicted molar refractivity (Wildman–Crippen MR) is 112 cm³/mol. The third kappa shape index (κ3) is 5.13. The summed E-state index contributed by atoms with van der Waals surface area (Å²) in [4.78, 5) is 15.0. The molecule has 1 saturated heterocycles. The van der Waals surface area contributed by atoms with Gasteiger partial charge in [-0.2, -0.15) is 0 Å². The lowest BCUT2D eigenvalue weighted by Gasteiger charge is -2.21. The van der Waals surface area contributed by atoms with Crippen LogP contribution in [0.5, 0.6) is 0 Å². The van der Waals surface area contributed by atoms with Crippen molar-refractivity contribution >= 4 is 21.6 Å². The Morgan fingerprint density at radius 2 is 1.75 bits per heavy atom. The number of benzene rings is 2. The minimum Gasteiger partial charge on any atom is -0.339 e. The first-order valence-corrected chi connectivity index (χ1v) is 11.4. The SMILES string of the molecule is CCCC1CCCN(C(=O)c2ccc(NS(=O)(=O)c3ccccc3)cc2)CC1. The largest absolute Gasteiger partial charge is 0.339 e. The first kappa shape index (κ1) is 20.4. The van der Waals surface area contributed by atoms with Crippen LogP contribution in [0.2, 0.25) is 0 Å². The third-order valence-electron chi connectivity index (χ3n) is 5.27. The molecule has 1 atom stereocenters. The predicted octanol–water partition coefficient (Wildman–Crippen LogP) is 4.53. The maximum absolute atomic E-state index is 12.8. The number of hydrogen-bond donors (Lipinski definition) is 1. The number of amides is 1. The van der Waals surface area contributed by atoms with Crippen LogP contribution >= 0.6 is 0 Å². The van der Waals surface area contributed by atoms with Crippen molar-refractivity contribution in [2.45, 2.75) is 43.9 Å². The number of nitrogens with one attached hydrogen (secondary N) is 1. The van der Waals surface area contributed by atoms with Gasteiger partial charge in [0, 0.05) is 24.3 Å². The number of sulfonamides is 1. The van der Waals surface area contributed by atoms with Crippen molar-refractivity contribution in [2.24, 2.45) is 5.92 Å². The molecule has 1 fully saturated rings. The standard InChI is InChI=1S/C22H28N2O3S/c1-2-7-18-8-6-16-24(17-15-18)22(25)19-11-13-20(14-12-19)23-28(26,27)21-9-4-3-5-10-21/h3-5,9-14,18,23H,2,6-8,15-17H2,1H3. The van der Waals surface area contributed by atoms with Gasteiger partial charge in [0.05, 0.1) is 4.90 Å². The summed E-state index contributed by atoms with van der Waals surface area (Å²) in [5.74, 6) is 0.743. The number of carbonyl (C=O) groups excluding carboxylic acids is 1. The lowest BCUT2D eigenvalue weighted by molar-refractivity contribution is 0.0760. The summed E-state index contributed by atoms with van der Waals surface area (Å²) in [6, 6.07) is 14.9. The summed E-state index contributed by atoms with van der Waals surface area (Å²) >= 11 is 0. The Labute approximate surface area is 167 Å². The van der Waals surface area contributed by atoms with Crippen molar-refractivity contribution in [3.8, 4) is 0 Å². The van der Waals surface area contributed by atoms with E-state index in [2.05, 4.69) is 11.6 Å². The van der Waals surface area contributed by atoms with Crippen molar-refractivity contribution in [3.63, 3.8) is 0 Å². The highest BCUT2D eigenvalue weighted by Gasteiger charge is 2.21. The first-order chi connectivity index (χ1) is 13.5. The molecule has 1 aliphatic rings. The Bertz CT molecular complexity index is 880. The number of hydrogen-bond acceptors (Lipinski definition) is 3. The highest BCUT2D eigenvalue weighted by Crippen LogP contribution is 2.23. The Balaban J connectivity index is 1.65. The van der Waals surface area contributed by atoms with E-state index in [0.29, 0.717) is 11.3 Å². The molecule has 0 aliphatic carbocycles. The monoisotopic (exact) mass is 400 g/mol. The van der Waals surface area contributed by atoms with Gasteiger partial charge in [0.1, 0.15) is 0 Å². The van der Waals surface area contributed by atoms with E-state index in [0.717, 1.165) is 31.8 Å². The van der Waals surface area contributed by atoms with Crippen LogP contribution in [0.25, 0.3) is 0 Å². The van der Waals surface area contributed by atoms with Gasteiger partial charge >= 0.3 is 0 Å². The molecule has 1 amide bonds. The van der Waals surface area contributed by atoms with E-state index in [1.54, 1.807) is 54.6 Å². The molecule has 1 aliphatic heterocycles. The number of carbonyl (C=O) groups is 1. The molecule has 150 valence electrons. The van der Waals surface area contributed by atoms with Gasteiger partial charge in [-0.3, -0.25) is 9.52 Å². The van der Waals surface area contributed by atoms with Gasteiger partial charge in [-0.1, -0.05) is 38.0 Å². The Hall–Kier alpha value is -2.34. The Kier molecular flexibility index (Phi) is 6.73. The van der Waals surface area contributed by atoms with Crippen LogP contribution in [-0.2, 0) is 10.0 Å². The van der Waals surface area contributed by atoms with Crippen LogP contribution < -0.4 is 4.72 Å². The van der Waals surface area contributed by atoms with E-state index < -0.39 is 10.0 Å². The molecule has 0 saturated carbocycles. The first-order valence-electron chi connectivity index (χ1n) is 9.97. The summed E-state index contributed by atoms with van der Waals surface area (Å²) in [5, 5.41) is 0. The van der Waals surface area contributed by atoms with E-state index in [1.165, 1.54) is 19.3 Å². The number of likely N-dealkylation sites (tertiary alicyclic amines) is 1. The lowest BCUT2D eigenvalue weighted by Crippen LogP contribution is -2.32. The fourth-order valence-electron chi connectivity index (χ4n) is 3.74. The van der Waals surface area contributed by atoms with E-state index in [9.17, 15) is 13.2 Å². The van der Waals surface area contributed by atoms with Crippen LogP contribution in [0.1, 0.15) is 49.4 Å². The van der Waals surface area contributed by atoms with Crippen LogP contribution in [0, 0.1) is 5.92 Å². The van der Waals surface area contributed by atoms with E-state index in [-0.39, 0.29) is 10.8 Å². The highest BCUT2D eigenvalue weighted by atomic mass is 32.2. The van der Waals surface area contributed by atoms with E-state index in [4.69, 9.17) is 0 Å². The average Bonchev–Trinajstić information content (AvgIpc) is 2.94. The summed E-state index contributed by atoms with van der Waals surface area (Å²) < 4.78 is 27.4. The minimum absolute atomic E-state index is 0.0228. The fourth-order valence-corrected chi connectivity index (χ4v) is 4.82. The third-order valence-corrected chi connectivity index (χ3v) is 6.67. The summed E-state index contributed by atoms with van der Waals surface area (Å²) in [5.41, 5.74) is 1.04. The maximum Gasteiger partial charge on any atom is 0.261 e. The van der Waals surface area contributed by atoms with E-state index >= 15 is 0 Å². The molecule has 6 heteroatoms. The molecule has 28 heavy (non-hydrogen) atoms. The van der Waals surface area contributed by atoms with Crippen LogP contribution in [-0.4, -0.2) is 32.3 Å². The molecule has 2 aromatic carbocycles. The van der Waals surface area contributed by atoms with E-state index in [1.807, 2.05) is 4.90 Å². The second kappa shape index (κ2) is 9.24. The van der Waals surface area contributed by atoms with Gasteiger partial charge < -0.3 is 4.90 Å². The normalized spacial score (nSPS) is 17.8. The van der Waals surface area contributed by atoms with Crippen LogP contribution in [0.4, 0.5) is 5.69 Å². The van der Waals surface area contributed by atoms with Gasteiger partial charge in [-0.25, -0.2) is 8.42 Å². The number of nitrogens with zero attached hydrogens (tertiary/aromatic N) is 1. The van der Waals surface area contributed by atoms with Gasteiger partial charge in [0.25, 0.3) is 15.9 Å². The zero-order chi connectivity index (χ0) is 20.0. The smallest absolute Gasteiger partial charge is 0.261 e. The van der Waals surface area contributed by atoms with Crippen molar-refractivity contribution < 1.29 is 13.2 Å². The quantitative estimate of drug-likeness (QED) is 0.775. The van der Waals surface area contributed by atoms with Crippen molar-refractivity contribution in [1.29, 1.82) is 0 Å². The van der Waals surface area contributed by atoms with Crippen LogP contribution in [0.15, 0.2) is 59.5 Å². The zero-order valence-electron chi connectivity index (χ0n) is 16.3. The maximum atomic E-state index is 12.8. The number of anilines is 1. The fraction of sp³-hybridized carbons (Fsp3) is 0.409. The molecule has 0 radical (unpaired) electrons. The van der Waals surface area contributed by atoms with Crippen LogP contribution in [0.3, 0.4) is 0 Å². The van der Waals surface area contributed by atoms with Gasteiger partial charge in [-0.05, 0) is 61.6 Å². The molecular formula is C22H28N2O3S. The molecule has 1 unspecified atom stereocenters. The molecule has 0 aromatic heterocycles. The summed E-state index contributed by atoms with van der Waals surface area (Å²) in [6.07, 6.45) is 5.73. The average molecular weight is 401 g/mol. The van der Waals surface area contributed by atoms with Crippen molar-refractivity contribution in [3.05, 3.63) is 60.2 Å². The molecule has 5 nitrogen and oxygen atoms in total. The molecule has 2 aromatic rings.